The highest BCUT2D eigenvalue weighted by atomic mass is 16.5. The number of aromatic nitrogens is 4. The Morgan fingerprint density at radius 3 is 2.52 bits per heavy atom. The molecule has 0 amide bonds. The first-order valence-electron chi connectivity index (χ1n) is 8.92. The van der Waals surface area contributed by atoms with E-state index in [9.17, 15) is 9.90 Å². The molecule has 1 atom stereocenters. The number of aliphatic hydroxyl groups is 2. The molecule has 4 rings (SSSR count). The Labute approximate surface area is 165 Å². The second-order valence-corrected chi connectivity index (χ2v) is 6.41. The number of anilines is 1. The van der Waals surface area contributed by atoms with Crippen molar-refractivity contribution in [3.63, 3.8) is 0 Å². The van der Waals surface area contributed by atoms with E-state index in [-0.39, 0.29) is 30.4 Å². The fourth-order valence-corrected chi connectivity index (χ4v) is 2.84. The van der Waals surface area contributed by atoms with E-state index in [2.05, 4.69) is 10.1 Å². The van der Waals surface area contributed by atoms with Crippen LogP contribution in [0.4, 0.5) is 5.82 Å². The first kappa shape index (κ1) is 18.7. The van der Waals surface area contributed by atoms with Crippen molar-refractivity contribution in [3.8, 4) is 22.7 Å². The molecule has 1 unspecified atom stereocenters. The van der Waals surface area contributed by atoms with Gasteiger partial charge in [-0.3, -0.25) is 0 Å². The maximum Gasteiger partial charge on any atom is 0.355 e. The fraction of sp³-hybridized carbons (Fsp3) is 0.150. The molecule has 148 valence electrons. The van der Waals surface area contributed by atoms with E-state index in [1.165, 1.54) is 9.08 Å². The molecule has 0 aliphatic rings. The molecule has 9 heteroatoms. The normalized spacial score (nSPS) is 12.2. The summed E-state index contributed by atoms with van der Waals surface area (Å²) >= 11 is 0. The van der Waals surface area contributed by atoms with Crippen LogP contribution >= 0.6 is 0 Å². The zero-order chi connectivity index (χ0) is 20.4. The van der Waals surface area contributed by atoms with E-state index in [4.69, 9.17) is 15.6 Å². The molecule has 0 bridgehead atoms. The minimum absolute atomic E-state index is 0.0128. The van der Waals surface area contributed by atoms with Gasteiger partial charge in [-0.05, 0) is 36.4 Å². The second-order valence-electron chi connectivity index (χ2n) is 6.41. The number of para-hydroxylation sites is 1. The van der Waals surface area contributed by atoms with Gasteiger partial charge in [0, 0.05) is 11.8 Å². The third kappa shape index (κ3) is 3.68. The average Bonchev–Trinajstić information content (AvgIpc) is 3.10. The molecule has 0 aliphatic heterocycles. The minimum Gasteiger partial charge on any atom is -0.491 e. The summed E-state index contributed by atoms with van der Waals surface area (Å²) in [6.07, 6.45) is 0.651. The van der Waals surface area contributed by atoms with Crippen molar-refractivity contribution in [1.29, 1.82) is 0 Å². The summed E-state index contributed by atoms with van der Waals surface area (Å²) in [5.74, 6) is 0.671. The summed E-state index contributed by atoms with van der Waals surface area (Å²) in [4.78, 5) is 17.2. The molecule has 0 fully saturated rings. The Morgan fingerprint density at radius 1 is 1.10 bits per heavy atom. The summed E-state index contributed by atoms with van der Waals surface area (Å²) < 4.78 is 8.04. The molecule has 9 nitrogen and oxygen atoms in total. The molecule has 4 N–H and O–H groups in total. The standard InChI is InChI=1S/C20H19N5O4/c21-18-19-23-25(14-4-2-1-3-5-14)20(28)24(19)10-17(22-18)13-6-8-16(9-7-13)29-12-15(27)11-26/h1-10,15,26-27H,11-12H2,(H2,21,22). The monoisotopic (exact) mass is 393 g/mol. The summed E-state index contributed by atoms with van der Waals surface area (Å²) in [6.45, 7) is -0.381. The van der Waals surface area contributed by atoms with Crippen molar-refractivity contribution >= 4 is 11.5 Å². The van der Waals surface area contributed by atoms with Gasteiger partial charge in [-0.15, -0.1) is 5.10 Å². The third-order valence-electron chi connectivity index (χ3n) is 4.34. The summed E-state index contributed by atoms with van der Waals surface area (Å²) in [7, 11) is 0. The van der Waals surface area contributed by atoms with Crippen LogP contribution in [0.3, 0.4) is 0 Å². The van der Waals surface area contributed by atoms with Crippen molar-refractivity contribution in [2.24, 2.45) is 0 Å². The van der Waals surface area contributed by atoms with Gasteiger partial charge >= 0.3 is 5.69 Å². The van der Waals surface area contributed by atoms with Crippen LogP contribution in [0.5, 0.6) is 5.75 Å². The Bertz CT molecular complexity index is 1190. The van der Waals surface area contributed by atoms with Crippen molar-refractivity contribution in [2.45, 2.75) is 6.10 Å². The van der Waals surface area contributed by atoms with Crippen LogP contribution in [0, 0.1) is 0 Å². The number of fused-ring (bicyclic) bond motifs is 1. The van der Waals surface area contributed by atoms with E-state index in [1.807, 2.05) is 18.2 Å². The lowest BCUT2D eigenvalue weighted by Gasteiger charge is -2.10. The number of aliphatic hydroxyl groups excluding tert-OH is 2. The average molecular weight is 393 g/mol. The number of benzene rings is 2. The molecule has 29 heavy (non-hydrogen) atoms. The third-order valence-corrected chi connectivity index (χ3v) is 4.34. The van der Waals surface area contributed by atoms with Crippen LogP contribution in [0.1, 0.15) is 0 Å². The highest BCUT2D eigenvalue weighted by molar-refractivity contribution is 5.67. The maximum absolute atomic E-state index is 12.8. The van der Waals surface area contributed by atoms with Gasteiger partial charge in [-0.1, -0.05) is 18.2 Å². The number of hydrogen-bond donors (Lipinski definition) is 3. The van der Waals surface area contributed by atoms with Crippen molar-refractivity contribution < 1.29 is 14.9 Å². The molecule has 0 aliphatic carbocycles. The van der Waals surface area contributed by atoms with Crippen molar-refractivity contribution in [1.82, 2.24) is 19.2 Å². The Kier molecular flexibility index (Phi) is 4.98. The smallest absolute Gasteiger partial charge is 0.355 e. The van der Waals surface area contributed by atoms with Gasteiger partial charge in [0.1, 0.15) is 18.5 Å². The van der Waals surface area contributed by atoms with Gasteiger partial charge in [0.25, 0.3) is 0 Å². The Hall–Kier alpha value is -3.69. The Balaban J connectivity index is 1.68. The zero-order valence-corrected chi connectivity index (χ0v) is 15.3. The molecule has 0 radical (unpaired) electrons. The summed E-state index contributed by atoms with van der Waals surface area (Å²) in [6, 6.07) is 16.0. The van der Waals surface area contributed by atoms with Gasteiger partial charge in [0.15, 0.2) is 5.82 Å². The summed E-state index contributed by atoms with van der Waals surface area (Å²) in [5.41, 5.74) is 7.86. The van der Waals surface area contributed by atoms with Crippen molar-refractivity contribution in [2.75, 3.05) is 18.9 Å². The number of rotatable bonds is 6. The number of ether oxygens (including phenoxy) is 1. The lowest BCUT2D eigenvalue weighted by Crippen LogP contribution is -2.21. The molecule has 2 aromatic carbocycles. The van der Waals surface area contributed by atoms with Crippen LogP contribution in [-0.2, 0) is 0 Å². The largest absolute Gasteiger partial charge is 0.491 e. The van der Waals surface area contributed by atoms with Crippen LogP contribution < -0.4 is 16.2 Å². The second kappa shape index (κ2) is 7.74. The van der Waals surface area contributed by atoms with E-state index in [1.54, 1.807) is 42.6 Å². The SMILES string of the molecule is Nc1nc(-c2ccc(OCC(O)CO)cc2)cn2c(=O)n(-c3ccccc3)nc12. The first-order chi connectivity index (χ1) is 14.1. The number of hydrogen-bond acceptors (Lipinski definition) is 7. The molecular weight excluding hydrogens is 374 g/mol. The predicted molar refractivity (Wildman–Crippen MR) is 107 cm³/mol. The van der Waals surface area contributed by atoms with Crippen LogP contribution in [0.2, 0.25) is 0 Å². The molecule has 2 aromatic heterocycles. The summed E-state index contributed by atoms with van der Waals surface area (Å²) in [5, 5.41) is 22.5. The lowest BCUT2D eigenvalue weighted by atomic mass is 10.1. The van der Waals surface area contributed by atoms with Gasteiger partial charge < -0.3 is 20.7 Å². The lowest BCUT2D eigenvalue weighted by molar-refractivity contribution is 0.0536. The van der Waals surface area contributed by atoms with E-state index < -0.39 is 6.10 Å². The first-order valence-corrected chi connectivity index (χ1v) is 8.92. The minimum atomic E-state index is -0.938. The van der Waals surface area contributed by atoms with Gasteiger partial charge in [0.2, 0.25) is 5.65 Å². The molecule has 4 aromatic rings. The fourth-order valence-electron chi connectivity index (χ4n) is 2.84. The highest BCUT2D eigenvalue weighted by Crippen LogP contribution is 2.23. The van der Waals surface area contributed by atoms with E-state index in [0.717, 1.165) is 5.56 Å². The van der Waals surface area contributed by atoms with Gasteiger partial charge in [-0.25, -0.2) is 14.2 Å². The number of nitrogens with zero attached hydrogens (tertiary/aromatic N) is 4. The van der Waals surface area contributed by atoms with E-state index in [0.29, 0.717) is 17.1 Å². The van der Waals surface area contributed by atoms with Crippen molar-refractivity contribution in [3.05, 3.63) is 71.3 Å². The van der Waals surface area contributed by atoms with Gasteiger partial charge in [-0.2, -0.15) is 4.68 Å². The topological polar surface area (TPSA) is 128 Å². The van der Waals surface area contributed by atoms with Crippen LogP contribution in [0.25, 0.3) is 22.6 Å². The molecular formula is C20H19N5O4. The van der Waals surface area contributed by atoms with E-state index >= 15 is 0 Å². The molecule has 0 saturated heterocycles. The number of nitrogen functional groups attached to an aromatic ring is 1. The molecule has 2 heterocycles. The molecule has 0 spiro atoms. The number of nitrogens with two attached hydrogens (primary N) is 1. The van der Waals surface area contributed by atoms with Crippen LogP contribution in [-0.4, -0.2) is 48.7 Å². The van der Waals surface area contributed by atoms with Gasteiger partial charge in [0.05, 0.1) is 18.0 Å². The predicted octanol–water partition coefficient (Wildman–Crippen LogP) is 0.861. The van der Waals surface area contributed by atoms with Crippen LogP contribution in [0.15, 0.2) is 65.6 Å². The maximum atomic E-state index is 12.8. The quantitative estimate of drug-likeness (QED) is 0.443. The molecule has 0 saturated carbocycles. The highest BCUT2D eigenvalue weighted by Gasteiger charge is 2.14. The zero-order valence-electron chi connectivity index (χ0n) is 15.3. The Morgan fingerprint density at radius 2 is 1.83 bits per heavy atom.